The molecule has 5 aromatic rings. The summed E-state index contributed by atoms with van der Waals surface area (Å²) in [6.45, 7) is 1.77. The first kappa shape index (κ1) is 13.2. The molecule has 0 aliphatic carbocycles. The van der Waals surface area contributed by atoms with Gasteiger partial charge >= 0.3 is 5.69 Å². The van der Waals surface area contributed by atoms with Gasteiger partial charge in [0.1, 0.15) is 5.82 Å². The van der Waals surface area contributed by atoms with Gasteiger partial charge in [-0.05, 0) is 45.3 Å². The lowest BCUT2D eigenvalue weighted by Crippen LogP contribution is -2.14. The van der Waals surface area contributed by atoms with Crippen LogP contribution in [-0.2, 0) is 0 Å². The van der Waals surface area contributed by atoms with Crippen LogP contribution < -0.4 is 5.69 Å². The van der Waals surface area contributed by atoms with Crippen LogP contribution in [0.4, 0.5) is 0 Å². The molecule has 1 heterocycles. The molecule has 0 aliphatic rings. The van der Waals surface area contributed by atoms with Crippen LogP contribution in [0, 0.1) is 6.92 Å². The lowest BCUT2D eigenvalue weighted by atomic mass is 9.92. The van der Waals surface area contributed by atoms with Gasteiger partial charge in [0.2, 0.25) is 0 Å². The lowest BCUT2D eigenvalue weighted by molar-refractivity contribution is 0.936. The third-order valence-electron chi connectivity index (χ3n) is 4.54. The molecule has 24 heavy (non-hydrogen) atoms. The number of hydrogen-bond donors (Lipinski definition) is 1. The van der Waals surface area contributed by atoms with E-state index in [1.54, 1.807) is 6.92 Å². The normalized spacial score (nSPS) is 11.7. The van der Waals surface area contributed by atoms with Crippen molar-refractivity contribution < 1.29 is 0 Å². The number of hydrogen-bond acceptors (Lipinski definition) is 3. The first-order valence-corrected chi connectivity index (χ1v) is 7.82. The minimum absolute atomic E-state index is 0.372. The molecule has 0 atom stereocenters. The first-order chi connectivity index (χ1) is 11.7. The van der Waals surface area contributed by atoms with Gasteiger partial charge in [-0.25, -0.2) is 9.78 Å². The Morgan fingerprint density at radius 3 is 2.21 bits per heavy atom. The van der Waals surface area contributed by atoms with Crippen LogP contribution in [0.3, 0.4) is 0 Å². The monoisotopic (exact) mass is 311 g/mol. The molecule has 0 saturated heterocycles. The number of nitrogens with zero attached hydrogens (tertiary/aromatic N) is 2. The second kappa shape index (κ2) is 4.61. The summed E-state index contributed by atoms with van der Waals surface area (Å²) in [5.41, 5.74) is 0.512. The summed E-state index contributed by atoms with van der Waals surface area (Å²) in [6.07, 6.45) is 0. The molecule has 4 heteroatoms. The van der Waals surface area contributed by atoms with Crippen LogP contribution in [-0.4, -0.2) is 15.0 Å². The second-order valence-corrected chi connectivity index (χ2v) is 6.03. The van der Waals surface area contributed by atoms with Crippen molar-refractivity contribution in [3.63, 3.8) is 0 Å². The molecule has 0 fully saturated rings. The summed E-state index contributed by atoms with van der Waals surface area (Å²) in [5, 5.41) is 7.12. The molecule has 0 bridgehead atoms. The van der Waals surface area contributed by atoms with Crippen molar-refractivity contribution in [3.8, 4) is 11.4 Å². The quantitative estimate of drug-likeness (QED) is 0.475. The Balaban J connectivity index is 1.99. The van der Waals surface area contributed by atoms with E-state index in [0.717, 1.165) is 10.9 Å². The summed E-state index contributed by atoms with van der Waals surface area (Å²) in [4.78, 5) is 22.8. The van der Waals surface area contributed by atoms with Gasteiger partial charge in [-0.2, -0.15) is 4.98 Å². The fraction of sp³-hybridized carbons (Fsp3) is 0.0500. The maximum absolute atomic E-state index is 11.7. The molecule has 114 valence electrons. The number of aryl methyl sites for hydroxylation is 1. The fourth-order valence-electron chi connectivity index (χ4n) is 3.54. The zero-order valence-electron chi connectivity index (χ0n) is 13.0. The van der Waals surface area contributed by atoms with Crippen molar-refractivity contribution in [2.45, 2.75) is 6.92 Å². The largest absolute Gasteiger partial charge is 0.348 e. The Morgan fingerprint density at radius 2 is 1.46 bits per heavy atom. The highest BCUT2D eigenvalue weighted by molar-refractivity contribution is 6.25. The van der Waals surface area contributed by atoms with E-state index < -0.39 is 0 Å². The van der Waals surface area contributed by atoms with Crippen LogP contribution in [0.5, 0.6) is 0 Å². The van der Waals surface area contributed by atoms with Crippen LogP contribution in [0.2, 0.25) is 0 Å². The Labute approximate surface area is 137 Å². The van der Waals surface area contributed by atoms with E-state index >= 15 is 0 Å². The number of aromatic nitrogens is 3. The summed E-state index contributed by atoms with van der Waals surface area (Å²) in [7, 11) is 0. The average molecular weight is 311 g/mol. The summed E-state index contributed by atoms with van der Waals surface area (Å²) in [5.74, 6) is 1.03. The number of benzene rings is 4. The zero-order valence-corrected chi connectivity index (χ0v) is 13.0. The highest BCUT2D eigenvalue weighted by Crippen LogP contribution is 2.38. The highest BCUT2D eigenvalue weighted by atomic mass is 16.1. The van der Waals surface area contributed by atoms with Crippen molar-refractivity contribution in [2.75, 3.05) is 0 Å². The number of H-pyrrole nitrogens is 1. The highest BCUT2D eigenvalue weighted by Gasteiger charge is 2.13. The summed E-state index contributed by atoms with van der Waals surface area (Å²) in [6, 6.07) is 18.9. The fourth-order valence-corrected chi connectivity index (χ4v) is 3.54. The van der Waals surface area contributed by atoms with Gasteiger partial charge in [0.25, 0.3) is 0 Å². The second-order valence-electron chi connectivity index (χ2n) is 6.03. The minimum atomic E-state index is -0.372. The molecule has 1 N–H and O–H groups in total. The number of nitrogens with one attached hydrogen (secondary N) is 1. The van der Waals surface area contributed by atoms with Gasteiger partial charge in [0.15, 0.2) is 5.82 Å². The first-order valence-electron chi connectivity index (χ1n) is 7.82. The molecule has 0 saturated carbocycles. The van der Waals surface area contributed by atoms with Crippen molar-refractivity contribution in [2.24, 2.45) is 0 Å². The van der Waals surface area contributed by atoms with Gasteiger partial charge in [0.05, 0.1) is 0 Å². The SMILES string of the molecule is Cc1nc(-c2ccc3ccc4cccc5ccc2c3c45)nc(=O)[nH]1. The van der Waals surface area contributed by atoms with Gasteiger partial charge in [-0.3, -0.25) is 4.98 Å². The Hall–Kier alpha value is -3.27. The molecule has 0 radical (unpaired) electrons. The molecule has 0 aliphatic heterocycles. The van der Waals surface area contributed by atoms with Crippen LogP contribution >= 0.6 is 0 Å². The van der Waals surface area contributed by atoms with Crippen molar-refractivity contribution in [3.05, 3.63) is 70.9 Å². The van der Waals surface area contributed by atoms with Crippen molar-refractivity contribution in [1.82, 2.24) is 15.0 Å². The third kappa shape index (κ3) is 1.77. The molecular weight excluding hydrogens is 298 g/mol. The van der Waals surface area contributed by atoms with E-state index in [1.807, 2.05) is 6.07 Å². The molecule has 0 amide bonds. The third-order valence-corrected chi connectivity index (χ3v) is 4.54. The van der Waals surface area contributed by atoms with Gasteiger partial charge in [0, 0.05) is 5.56 Å². The Morgan fingerprint density at radius 1 is 0.792 bits per heavy atom. The van der Waals surface area contributed by atoms with Gasteiger partial charge < -0.3 is 0 Å². The molecule has 1 aromatic heterocycles. The van der Waals surface area contributed by atoms with E-state index in [4.69, 9.17) is 0 Å². The van der Waals surface area contributed by atoms with E-state index in [0.29, 0.717) is 11.6 Å². The number of rotatable bonds is 1. The maximum atomic E-state index is 11.7. The predicted octanol–water partition coefficient (Wildman–Crippen LogP) is 4.04. The minimum Gasteiger partial charge on any atom is -0.294 e. The Kier molecular flexibility index (Phi) is 2.54. The molecule has 5 rings (SSSR count). The van der Waals surface area contributed by atoms with Gasteiger partial charge in [-0.15, -0.1) is 0 Å². The van der Waals surface area contributed by atoms with E-state index in [9.17, 15) is 4.79 Å². The average Bonchev–Trinajstić information content (AvgIpc) is 2.58. The number of aromatic amines is 1. The van der Waals surface area contributed by atoms with E-state index in [1.165, 1.54) is 26.9 Å². The standard InChI is InChI=1S/C20H13N3O/c1-11-21-19(23-20(24)22-11)16-10-8-14-6-5-12-3-2-4-13-7-9-15(16)18(14)17(12)13/h2-10H,1H3,(H,21,22,23,24). The maximum Gasteiger partial charge on any atom is 0.348 e. The van der Waals surface area contributed by atoms with Crippen LogP contribution in [0.25, 0.3) is 43.7 Å². The molecule has 4 nitrogen and oxygen atoms in total. The van der Waals surface area contributed by atoms with E-state index in [2.05, 4.69) is 63.5 Å². The van der Waals surface area contributed by atoms with E-state index in [-0.39, 0.29) is 5.69 Å². The molecule has 4 aromatic carbocycles. The van der Waals surface area contributed by atoms with Crippen molar-refractivity contribution >= 4 is 32.3 Å². The summed E-state index contributed by atoms with van der Waals surface area (Å²) < 4.78 is 0. The molecule has 0 unspecified atom stereocenters. The van der Waals surface area contributed by atoms with Crippen molar-refractivity contribution in [1.29, 1.82) is 0 Å². The topological polar surface area (TPSA) is 58.6 Å². The Bertz CT molecular complexity index is 1270. The van der Waals surface area contributed by atoms with Crippen LogP contribution in [0.1, 0.15) is 5.82 Å². The van der Waals surface area contributed by atoms with Gasteiger partial charge in [-0.1, -0.05) is 48.5 Å². The lowest BCUT2D eigenvalue weighted by Gasteiger charge is -2.13. The zero-order chi connectivity index (χ0) is 16.3. The molecular formula is C20H13N3O. The smallest absolute Gasteiger partial charge is 0.294 e. The summed E-state index contributed by atoms with van der Waals surface area (Å²) >= 11 is 0. The predicted molar refractivity (Wildman–Crippen MR) is 96.5 cm³/mol. The van der Waals surface area contributed by atoms with Crippen LogP contribution in [0.15, 0.2) is 59.4 Å². The molecule has 0 spiro atoms.